The van der Waals surface area contributed by atoms with Crippen LogP contribution in [0.5, 0.6) is 0 Å². The predicted octanol–water partition coefficient (Wildman–Crippen LogP) is 4.18. The Kier molecular flexibility index (Phi) is 3.00. The van der Waals surface area contributed by atoms with Crippen LogP contribution in [-0.4, -0.2) is 16.7 Å². The molecular formula is C19H27FO2. The van der Waals surface area contributed by atoms with Crippen LogP contribution >= 0.6 is 0 Å². The monoisotopic (exact) mass is 306 g/mol. The third-order valence-electron chi connectivity index (χ3n) is 7.94. The maximum Gasteiger partial charge on any atom is 0.216 e. The van der Waals surface area contributed by atoms with Crippen LogP contribution in [0.3, 0.4) is 0 Å². The van der Waals surface area contributed by atoms with E-state index in [4.69, 9.17) is 0 Å². The van der Waals surface area contributed by atoms with Gasteiger partial charge in [0, 0.05) is 18.3 Å². The number of Topliss-reactive ketones (excluding diaryl/α,β-unsaturated/α-hetero) is 1. The SMILES string of the molecule is C[C@]12C(=CC[C@@H]3[C@@H]1CC[C@]1(C)C(=O)CC[C@@H]31)CCCC2(O)F. The molecule has 0 aliphatic heterocycles. The van der Waals surface area contributed by atoms with Crippen molar-refractivity contribution in [3.8, 4) is 0 Å². The van der Waals surface area contributed by atoms with Gasteiger partial charge in [-0.2, -0.15) is 0 Å². The molecule has 6 atom stereocenters. The van der Waals surface area contributed by atoms with Crippen LogP contribution in [0.25, 0.3) is 0 Å². The molecule has 3 fully saturated rings. The zero-order valence-corrected chi connectivity index (χ0v) is 13.7. The Hall–Kier alpha value is -0.700. The normalized spacial score (nSPS) is 54.3. The Balaban J connectivity index is 1.77. The second-order valence-corrected chi connectivity index (χ2v) is 8.58. The number of rotatable bonds is 0. The summed E-state index contributed by atoms with van der Waals surface area (Å²) in [6.07, 6.45) is 8.50. The summed E-state index contributed by atoms with van der Waals surface area (Å²) in [7, 11) is 0. The first-order valence-electron chi connectivity index (χ1n) is 8.95. The molecule has 0 saturated heterocycles. The van der Waals surface area contributed by atoms with E-state index in [-0.39, 0.29) is 17.8 Å². The van der Waals surface area contributed by atoms with Gasteiger partial charge < -0.3 is 5.11 Å². The Morgan fingerprint density at radius 3 is 2.73 bits per heavy atom. The lowest BCUT2D eigenvalue weighted by atomic mass is 9.47. The van der Waals surface area contributed by atoms with Crippen molar-refractivity contribution in [2.24, 2.45) is 28.6 Å². The van der Waals surface area contributed by atoms with Gasteiger partial charge in [-0.3, -0.25) is 4.79 Å². The highest BCUT2D eigenvalue weighted by Crippen LogP contribution is 2.66. The van der Waals surface area contributed by atoms with Crippen LogP contribution in [0, 0.1) is 28.6 Å². The topological polar surface area (TPSA) is 37.3 Å². The van der Waals surface area contributed by atoms with Crippen LogP contribution in [0.2, 0.25) is 0 Å². The summed E-state index contributed by atoms with van der Waals surface area (Å²) >= 11 is 0. The second kappa shape index (κ2) is 4.43. The molecule has 0 aromatic rings. The zero-order chi connectivity index (χ0) is 15.8. The molecule has 0 aromatic carbocycles. The summed E-state index contributed by atoms with van der Waals surface area (Å²) in [6.45, 7) is 4.08. The number of halogens is 1. The molecule has 0 bridgehead atoms. The minimum atomic E-state index is -2.09. The van der Waals surface area contributed by atoms with Crippen molar-refractivity contribution in [2.75, 3.05) is 0 Å². The van der Waals surface area contributed by atoms with Crippen molar-refractivity contribution < 1.29 is 14.3 Å². The van der Waals surface area contributed by atoms with E-state index in [9.17, 15) is 9.90 Å². The fraction of sp³-hybridized carbons (Fsp3) is 0.842. The number of alkyl halides is 1. The highest BCUT2D eigenvalue weighted by molar-refractivity contribution is 5.87. The number of allylic oxidation sites excluding steroid dienone is 1. The van der Waals surface area contributed by atoms with Gasteiger partial charge in [-0.1, -0.05) is 25.5 Å². The molecule has 0 aromatic heterocycles. The summed E-state index contributed by atoms with van der Waals surface area (Å²) in [6, 6.07) is 0. The maximum atomic E-state index is 15.1. The van der Waals surface area contributed by atoms with Crippen molar-refractivity contribution in [2.45, 2.75) is 71.1 Å². The first kappa shape index (κ1) is 14.9. The van der Waals surface area contributed by atoms with Gasteiger partial charge >= 0.3 is 0 Å². The standard InChI is InChI=1S/C19H27FO2/c1-17-11-9-15-13(14(17)7-8-16(17)21)6-5-12-4-3-10-19(20,22)18(12,15)2/h5,13-15,22H,3-4,6-11H2,1-2H3/t13-,14-,15-,17-,18-,19?/m0/s1. The number of carbonyl (C=O) groups excluding carboxylic acids is 1. The molecule has 3 saturated carbocycles. The molecule has 2 nitrogen and oxygen atoms in total. The molecule has 4 aliphatic carbocycles. The number of fused-ring (bicyclic) bond motifs is 5. The van der Waals surface area contributed by atoms with E-state index in [1.54, 1.807) is 0 Å². The summed E-state index contributed by atoms with van der Waals surface area (Å²) in [5, 5.41) is 10.6. The van der Waals surface area contributed by atoms with Crippen LogP contribution < -0.4 is 0 Å². The van der Waals surface area contributed by atoms with Gasteiger partial charge in [-0.15, -0.1) is 0 Å². The Labute approximate surface area is 132 Å². The minimum absolute atomic E-state index is 0.187. The van der Waals surface area contributed by atoms with Gasteiger partial charge in [0.25, 0.3) is 0 Å². The molecule has 4 rings (SSSR count). The van der Waals surface area contributed by atoms with Gasteiger partial charge in [0.15, 0.2) is 0 Å². The molecule has 0 amide bonds. The average molecular weight is 306 g/mol. The maximum absolute atomic E-state index is 15.1. The number of ketones is 1. The summed E-state index contributed by atoms with van der Waals surface area (Å²) in [5.74, 6) is -0.747. The summed E-state index contributed by atoms with van der Waals surface area (Å²) in [4.78, 5) is 12.4. The smallest absolute Gasteiger partial charge is 0.216 e. The van der Waals surface area contributed by atoms with E-state index in [0.717, 1.165) is 44.1 Å². The molecule has 0 radical (unpaired) electrons. The summed E-state index contributed by atoms with van der Waals surface area (Å²) in [5.41, 5.74) is 0.213. The predicted molar refractivity (Wildman–Crippen MR) is 82.8 cm³/mol. The van der Waals surface area contributed by atoms with Gasteiger partial charge in [-0.25, -0.2) is 4.39 Å². The Morgan fingerprint density at radius 2 is 1.95 bits per heavy atom. The molecule has 0 heterocycles. The van der Waals surface area contributed by atoms with Crippen LogP contribution in [0.15, 0.2) is 11.6 Å². The average Bonchev–Trinajstić information content (AvgIpc) is 2.76. The van der Waals surface area contributed by atoms with Gasteiger partial charge in [0.05, 0.1) is 5.41 Å². The van der Waals surface area contributed by atoms with E-state index < -0.39 is 11.3 Å². The highest BCUT2D eigenvalue weighted by Gasteiger charge is 2.64. The molecular weight excluding hydrogens is 279 g/mol. The largest absolute Gasteiger partial charge is 0.361 e. The lowest BCUT2D eigenvalue weighted by Crippen LogP contribution is -2.58. The molecule has 3 heteroatoms. The summed E-state index contributed by atoms with van der Waals surface area (Å²) < 4.78 is 15.1. The van der Waals surface area contributed by atoms with E-state index in [1.165, 1.54) is 0 Å². The molecule has 0 spiro atoms. The lowest BCUT2D eigenvalue weighted by Gasteiger charge is -2.59. The van der Waals surface area contributed by atoms with E-state index in [1.807, 2.05) is 6.92 Å². The van der Waals surface area contributed by atoms with Crippen molar-refractivity contribution in [1.29, 1.82) is 0 Å². The number of hydrogen-bond donors (Lipinski definition) is 1. The van der Waals surface area contributed by atoms with E-state index in [2.05, 4.69) is 13.0 Å². The van der Waals surface area contributed by atoms with Crippen molar-refractivity contribution >= 4 is 5.78 Å². The molecule has 1 unspecified atom stereocenters. The third kappa shape index (κ3) is 1.61. The quantitative estimate of drug-likeness (QED) is 0.682. The van der Waals surface area contributed by atoms with Crippen molar-refractivity contribution in [3.63, 3.8) is 0 Å². The fourth-order valence-corrected chi connectivity index (χ4v) is 6.50. The van der Waals surface area contributed by atoms with Crippen LogP contribution in [0.4, 0.5) is 4.39 Å². The van der Waals surface area contributed by atoms with Crippen molar-refractivity contribution in [1.82, 2.24) is 0 Å². The van der Waals surface area contributed by atoms with E-state index >= 15 is 4.39 Å². The Bertz CT molecular complexity index is 552. The van der Waals surface area contributed by atoms with Crippen molar-refractivity contribution in [3.05, 3.63) is 11.6 Å². The van der Waals surface area contributed by atoms with Crippen LogP contribution in [0.1, 0.15) is 65.2 Å². The third-order valence-corrected chi connectivity index (χ3v) is 7.94. The van der Waals surface area contributed by atoms with Gasteiger partial charge in [-0.05, 0) is 56.3 Å². The first-order valence-corrected chi connectivity index (χ1v) is 8.95. The van der Waals surface area contributed by atoms with Gasteiger partial charge in [0.1, 0.15) is 5.78 Å². The number of aliphatic hydroxyl groups is 1. The number of hydrogen-bond acceptors (Lipinski definition) is 2. The zero-order valence-electron chi connectivity index (χ0n) is 13.7. The first-order chi connectivity index (χ1) is 10.3. The van der Waals surface area contributed by atoms with Crippen LogP contribution in [-0.2, 0) is 4.79 Å². The lowest BCUT2D eigenvalue weighted by molar-refractivity contribution is -0.221. The molecule has 1 N–H and O–H groups in total. The molecule has 4 aliphatic rings. The minimum Gasteiger partial charge on any atom is -0.361 e. The highest BCUT2D eigenvalue weighted by atomic mass is 19.2. The Morgan fingerprint density at radius 1 is 1.18 bits per heavy atom. The molecule has 22 heavy (non-hydrogen) atoms. The second-order valence-electron chi connectivity index (χ2n) is 8.58. The number of carbonyl (C=O) groups is 1. The molecule has 122 valence electrons. The fourth-order valence-electron chi connectivity index (χ4n) is 6.50. The van der Waals surface area contributed by atoms with E-state index in [0.29, 0.717) is 24.0 Å². The van der Waals surface area contributed by atoms with Gasteiger partial charge in [0.2, 0.25) is 5.85 Å².